The Labute approximate surface area is 142 Å². The summed E-state index contributed by atoms with van der Waals surface area (Å²) in [5.41, 5.74) is 6.55. The zero-order chi connectivity index (χ0) is 17.1. The number of phenols is 1. The molecule has 1 saturated carbocycles. The highest BCUT2D eigenvalue weighted by molar-refractivity contribution is 5.94. The summed E-state index contributed by atoms with van der Waals surface area (Å²) in [7, 11) is 0. The molecule has 1 aliphatic carbocycles. The van der Waals surface area contributed by atoms with Crippen LogP contribution in [0.25, 0.3) is 0 Å². The van der Waals surface area contributed by atoms with Crippen molar-refractivity contribution >= 4 is 11.8 Å². The lowest BCUT2D eigenvalue weighted by Crippen LogP contribution is -2.52. The predicted octanol–water partition coefficient (Wildman–Crippen LogP) is 1.19. The van der Waals surface area contributed by atoms with E-state index in [1.54, 1.807) is 17.0 Å². The lowest BCUT2D eigenvalue weighted by Gasteiger charge is -2.37. The molecule has 1 aromatic rings. The van der Waals surface area contributed by atoms with Crippen molar-refractivity contribution in [3.05, 3.63) is 29.8 Å². The van der Waals surface area contributed by atoms with Crippen LogP contribution in [0.4, 0.5) is 0 Å². The van der Waals surface area contributed by atoms with Gasteiger partial charge in [0.05, 0.1) is 0 Å². The third kappa shape index (κ3) is 3.70. The number of carbonyl (C=O) groups is 2. The number of rotatable bonds is 2. The van der Waals surface area contributed by atoms with E-state index < -0.39 is 0 Å². The van der Waals surface area contributed by atoms with Gasteiger partial charge in [-0.1, -0.05) is 6.42 Å². The molecule has 3 N–H and O–H groups in total. The van der Waals surface area contributed by atoms with Crippen LogP contribution in [-0.2, 0) is 4.79 Å². The summed E-state index contributed by atoms with van der Waals surface area (Å²) >= 11 is 0. The molecule has 2 aliphatic rings. The molecule has 2 unspecified atom stereocenters. The number of hydrogen-bond donors (Lipinski definition) is 2. The number of carbonyl (C=O) groups excluding carboxylic acids is 2. The first-order valence-electron chi connectivity index (χ1n) is 8.67. The minimum Gasteiger partial charge on any atom is -0.508 e. The Morgan fingerprint density at radius 3 is 2.25 bits per heavy atom. The molecular weight excluding hydrogens is 306 g/mol. The summed E-state index contributed by atoms with van der Waals surface area (Å²) in [4.78, 5) is 28.7. The molecule has 2 atom stereocenters. The van der Waals surface area contributed by atoms with Crippen molar-refractivity contribution in [2.24, 2.45) is 11.7 Å². The molecule has 0 bridgehead atoms. The summed E-state index contributed by atoms with van der Waals surface area (Å²) < 4.78 is 0. The van der Waals surface area contributed by atoms with E-state index in [0.29, 0.717) is 31.7 Å². The third-order valence-electron chi connectivity index (χ3n) is 5.06. The molecule has 24 heavy (non-hydrogen) atoms. The second-order valence-electron chi connectivity index (χ2n) is 6.79. The Balaban J connectivity index is 1.54. The molecule has 2 amide bonds. The normalized spacial score (nSPS) is 24.7. The van der Waals surface area contributed by atoms with Gasteiger partial charge in [-0.05, 0) is 43.5 Å². The maximum absolute atomic E-state index is 12.6. The van der Waals surface area contributed by atoms with Crippen LogP contribution in [0.15, 0.2) is 24.3 Å². The van der Waals surface area contributed by atoms with E-state index in [1.807, 2.05) is 4.90 Å². The van der Waals surface area contributed by atoms with Crippen LogP contribution in [0.1, 0.15) is 36.0 Å². The zero-order valence-corrected chi connectivity index (χ0v) is 13.9. The molecule has 3 rings (SSSR count). The number of nitrogens with two attached hydrogens (primary N) is 1. The van der Waals surface area contributed by atoms with E-state index in [2.05, 4.69) is 0 Å². The molecular formula is C18H25N3O3. The van der Waals surface area contributed by atoms with Crippen LogP contribution in [-0.4, -0.2) is 58.9 Å². The standard InChI is InChI=1S/C18H25N3O3/c19-15-3-1-2-14(12-15)18(24)21-10-8-20(9-11-21)17(23)13-4-6-16(22)7-5-13/h4-7,14-15,22H,1-3,8-12,19H2. The Bertz CT molecular complexity index is 594. The quantitative estimate of drug-likeness (QED) is 0.852. The first-order valence-corrected chi connectivity index (χ1v) is 8.67. The molecule has 1 saturated heterocycles. The minimum absolute atomic E-state index is 0.0492. The van der Waals surface area contributed by atoms with E-state index in [-0.39, 0.29) is 29.5 Å². The number of amides is 2. The molecule has 1 aromatic carbocycles. The van der Waals surface area contributed by atoms with Crippen LogP contribution in [0.3, 0.4) is 0 Å². The number of nitrogens with zero attached hydrogens (tertiary/aromatic N) is 2. The second-order valence-corrected chi connectivity index (χ2v) is 6.79. The largest absolute Gasteiger partial charge is 0.508 e. The zero-order valence-electron chi connectivity index (χ0n) is 13.9. The van der Waals surface area contributed by atoms with Gasteiger partial charge in [-0.3, -0.25) is 9.59 Å². The highest BCUT2D eigenvalue weighted by Gasteiger charge is 2.31. The van der Waals surface area contributed by atoms with E-state index in [0.717, 1.165) is 25.7 Å². The summed E-state index contributed by atoms with van der Waals surface area (Å²) in [6.45, 7) is 2.25. The third-order valence-corrected chi connectivity index (χ3v) is 5.06. The Morgan fingerprint density at radius 2 is 1.62 bits per heavy atom. The first-order chi connectivity index (χ1) is 11.5. The highest BCUT2D eigenvalue weighted by Crippen LogP contribution is 2.25. The maximum Gasteiger partial charge on any atom is 0.253 e. The smallest absolute Gasteiger partial charge is 0.253 e. The van der Waals surface area contributed by atoms with Crippen molar-refractivity contribution in [2.45, 2.75) is 31.7 Å². The van der Waals surface area contributed by atoms with Crippen LogP contribution in [0.5, 0.6) is 5.75 Å². The monoisotopic (exact) mass is 331 g/mol. The van der Waals surface area contributed by atoms with Gasteiger partial charge in [0.15, 0.2) is 0 Å². The minimum atomic E-state index is -0.0539. The molecule has 0 aromatic heterocycles. The summed E-state index contributed by atoms with van der Waals surface area (Å²) in [6, 6.07) is 6.42. The maximum atomic E-state index is 12.6. The molecule has 1 heterocycles. The summed E-state index contributed by atoms with van der Waals surface area (Å²) in [5, 5.41) is 9.31. The van der Waals surface area contributed by atoms with E-state index in [1.165, 1.54) is 12.1 Å². The number of aromatic hydroxyl groups is 1. The van der Waals surface area contributed by atoms with Crippen molar-refractivity contribution in [1.29, 1.82) is 0 Å². The van der Waals surface area contributed by atoms with Gasteiger partial charge in [0.1, 0.15) is 5.75 Å². The molecule has 2 fully saturated rings. The van der Waals surface area contributed by atoms with Crippen molar-refractivity contribution in [1.82, 2.24) is 9.80 Å². The molecule has 6 nitrogen and oxygen atoms in total. The second kappa shape index (κ2) is 7.21. The number of benzene rings is 1. The van der Waals surface area contributed by atoms with Crippen molar-refractivity contribution < 1.29 is 14.7 Å². The summed E-state index contributed by atoms with van der Waals surface area (Å²) in [6.07, 6.45) is 3.75. The molecule has 6 heteroatoms. The SMILES string of the molecule is NC1CCCC(C(=O)N2CCN(C(=O)c3ccc(O)cc3)CC2)C1. The molecule has 0 spiro atoms. The predicted molar refractivity (Wildman–Crippen MR) is 90.5 cm³/mol. The Hall–Kier alpha value is -2.08. The number of phenolic OH excluding ortho intramolecular Hbond substituents is 1. The fourth-order valence-electron chi connectivity index (χ4n) is 3.63. The van der Waals surface area contributed by atoms with E-state index >= 15 is 0 Å². The number of piperazine rings is 1. The van der Waals surface area contributed by atoms with Crippen LogP contribution in [0.2, 0.25) is 0 Å². The van der Waals surface area contributed by atoms with E-state index in [9.17, 15) is 14.7 Å². The van der Waals surface area contributed by atoms with Gasteiger partial charge in [-0.25, -0.2) is 0 Å². The highest BCUT2D eigenvalue weighted by atomic mass is 16.3. The first kappa shape index (κ1) is 16.8. The topological polar surface area (TPSA) is 86.9 Å². The lowest BCUT2D eigenvalue weighted by molar-refractivity contribution is -0.138. The Morgan fingerprint density at radius 1 is 1.00 bits per heavy atom. The van der Waals surface area contributed by atoms with E-state index in [4.69, 9.17) is 5.73 Å². The van der Waals surface area contributed by atoms with Crippen LogP contribution in [0, 0.1) is 5.92 Å². The molecule has 0 radical (unpaired) electrons. The van der Waals surface area contributed by atoms with Crippen LogP contribution >= 0.6 is 0 Å². The van der Waals surface area contributed by atoms with Crippen LogP contribution < -0.4 is 5.73 Å². The van der Waals surface area contributed by atoms with Gasteiger partial charge in [0, 0.05) is 43.7 Å². The number of hydrogen-bond acceptors (Lipinski definition) is 4. The summed E-state index contributed by atoms with van der Waals surface area (Å²) in [5.74, 6) is 0.337. The van der Waals surface area contributed by atoms with Gasteiger partial charge < -0.3 is 20.6 Å². The molecule has 1 aliphatic heterocycles. The van der Waals surface area contributed by atoms with Crippen molar-refractivity contribution in [3.8, 4) is 5.75 Å². The van der Waals surface area contributed by atoms with Gasteiger partial charge >= 0.3 is 0 Å². The van der Waals surface area contributed by atoms with Gasteiger partial charge in [-0.15, -0.1) is 0 Å². The van der Waals surface area contributed by atoms with Crippen molar-refractivity contribution in [3.63, 3.8) is 0 Å². The van der Waals surface area contributed by atoms with Gasteiger partial charge in [0.25, 0.3) is 5.91 Å². The fraction of sp³-hybridized carbons (Fsp3) is 0.556. The Kier molecular flexibility index (Phi) is 5.04. The molecule has 130 valence electrons. The van der Waals surface area contributed by atoms with Gasteiger partial charge in [0.2, 0.25) is 5.91 Å². The average Bonchev–Trinajstić information content (AvgIpc) is 2.61. The fourth-order valence-corrected chi connectivity index (χ4v) is 3.63. The van der Waals surface area contributed by atoms with Gasteiger partial charge in [-0.2, -0.15) is 0 Å². The van der Waals surface area contributed by atoms with Crippen molar-refractivity contribution in [2.75, 3.05) is 26.2 Å². The lowest BCUT2D eigenvalue weighted by atomic mass is 9.85. The average molecular weight is 331 g/mol.